The summed E-state index contributed by atoms with van der Waals surface area (Å²) in [5.74, 6) is 0.906. The predicted octanol–water partition coefficient (Wildman–Crippen LogP) is 4.14. The Morgan fingerprint density at radius 1 is 1.20 bits per heavy atom. The summed E-state index contributed by atoms with van der Waals surface area (Å²) in [5.41, 5.74) is 6.43. The Bertz CT molecular complexity index is 691. The van der Waals surface area contributed by atoms with Gasteiger partial charge in [0.1, 0.15) is 18.1 Å². The maximum absolute atomic E-state index is 12.5. The highest BCUT2D eigenvalue weighted by atomic mass is 35.5. The van der Waals surface area contributed by atoms with Gasteiger partial charge in [0.25, 0.3) is 5.91 Å². The first-order chi connectivity index (χ1) is 11.5. The van der Waals surface area contributed by atoms with Crippen molar-refractivity contribution in [3.8, 4) is 11.5 Å². The van der Waals surface area contributed by atoms with E-state index in [1.54, 1.807) is 42.5 Å². The summed E-state index contributed by atoms with van der Waals surface area (Å²) in [5, 5.41) is 3.30. The van der Waals surface area contributed by atoms with Gasteiger partial charge in [-0.05, 0) is 56.3 Å². The van der Waals surface area contributed by atoms with Crippen molar-refractivity contribution in [3.63, 3.8) is 0 Å². The summed E-state index contributed by atoms with van der Waals surface area (Å²) in [4.78, 5) is 12.5. The molecule has 7 heteroatoms. The van der Waals surface area contributed by atoms with Gasteiger partial charge in [0, 0.05) is 17.3 Å². The van der Waals surface area contributed by atoms with Gasteiger partial charge in [-0.3, -0.25) is 4.79 Å². The minimum absolute atomic E-state index is 0. The molecular weight excluding hydrogens is 363 g/mol. The molecule has 3 N–H and O–H groups in total. The summed E-state index contributed by atoms with van der Waals surface area (Å²) < 4.78 is 11.1. The molecule has 0 fully saturated rings. The van der Waals surface area contributed by atoms with Gasteiger partial charge in [0.15, 0.2) is 0 Å². The molecule has 2 rings (SSSR count). The first kappa shape index (κ1) is 21.1. The molecule has 0 atom stereocenters. The van der Waals surface area contributed by atoms with Crippen LogP contribution in [0.1, 0.15) is 24.2 Å². The third-order valence-electron chi connectivity index (χ3n) is 3.05. The lowest BCUT2D eigenvalue weighted by Crippen LogP contribution is -2.16. The van der Waals surface area contributed by atoms with Crippen LogP contribution in [0.4, 0.5) is 5.69 Å². The highest BCUT2D eigenvalue weighted by molar-refractivity contribution is 6.31. The Kier molecular flexibility index (Phi) is 8.55. The highest BCUT2D eigenvalue weighted by Crippen LogP contribution is 2.25. The number of amides is 1. The number of carbonyl (C=O) groups is 1. The lowest BCUT2D eigenvalue weighted by Gasteiger charge is -2.14. The van der Waals surface area contributed by atoms with E-state index in [0.29, 0.717) is 40.9 Å². The molecule has 136 valence electrons. The molecule has 0 aliphatic rings. The summed E-state index contributed by atoms with van der Waals surface area (Å²) in [6, 6.07) is 12.0. The number of rotatable bonds is 7. The van der Waals surface area contributed by atoms with Crippen LogP contribution in [0.2, 0.25) is 5.02 Å². The Balaban J connectivity index is 0.00000312. The van der Waals surface area contributed by atoms with Gasteiger partial charge < -0.3 is 20.5 Å². The standard InChI is InChI=1S/C18H21ClN2O3.ClH/c1-12(2)24-17-8-3-13(19)11-16(17)18(22)21-14-4-6-15(7-5-14)23-10-9-20;/h3-8,11-12H,9-10,20H2,1-2H3,(H,21,22);1H. The third-order valence-corrected chi connectivity index (χ3v) is 3.28. The fraction of sp³-hybridized carbons (Fsp3) is 0.278. The smallest absolute Gasteiger partial charge is 0.259 e. The quantitative estimate of drug-likeness (QED) is 0.751. The molecule has 2 aromatic rings. The van der Waals surface area contributed by atoms with Crippen LogP contribution in [0.5, 0.6) is 11.5 Å². The van der Waals surface area contributed by atoms with E-state index in [9.17, 15) is 4.79 Å². The second-order valence-electron chi connectivity index (χ2n) is 5.42. The molecule has 0 aliphatic carbocycles. The third kappa shape index (κ3) is 6.46. The number of carbonyl (C=O) groups excluding carboxylic acids is 1. The topological polar surface area (TPSA) is 73.6 Å². The number of nitrogens with two attached hydrogens (primary N) is 1. The summed E-state index contributed by atoms with van der Waals surface area (Å²) in [6.07, 6.45) is -0.0447. The van der Waals surface area contributed by atoms with Crippen molar-refractivity contribution in [3.05, 3.63) is 53.1 Å². The monoisotopic (exact) mass is 384 g/mol. The molecule has 0 aliphatic heterocycles. The van der Waals surface area contributed by atoms with E-state index >= 15 is 0 Å². The molecule has 0 aromatic heterocycles. The first-order valence-corrected chi connectivity index (χ1v) is 8.08. The van der Waals surface area contributed by atoms with E-state index in [0.717, 1.165) is 0 Å². The molecular formula is C18H22Cl2N2O3. The van der Waals surface area contributed by atoms with Crippen molar-refractivity contribution in [2.45, 2.75) is 20.0 Å². The van der Waals surface area contributed by atoms with Gasteiger partial charge in [-0.2, -0.15) is 0 Å². The number of benzene rings is 2. The molecule has 0 unspecified atom stereocenters. The van der Waals surface area contributed by atoms with Crippen LogP contribution in [0.25, 0.3) is 0 Å². The number of hydrogen-bond donors (Lipinski definition) is 2. The normalized spacial score (nSPS) is 10.1. The largest absolute Gasteiger partial charge is 0.492 e. The second-order valence-corrected chi connectivity index (χ2v) is 5.86. The molecule has 0 saturated heterocycles. The molecule has 5 nitrogen and oxygen atoms in total. The van der Waals surface area contributed by atoms with E-state index in [1.165, 1.54) is 0 Å². The minimum atomic E-state index is -0.288. The van der Waals surface area contributed by atoms with Gasteiger partial charge in [-0.1, -0.05) is 11.6 Å². The zero-order valence-corrected chi connectivity index (χ0v) is 15.7. The fourth-order valence-corrected chi connectivity index (χ4v) is 2.22. The van der Waals surface area contributed by atoms with Crippen LogP contribution in [-0.4, -0.2) is 25.2 Å². The van der Waals surface area contributed by atoms with E-state index in [-0.39, 0.29) is 24.4 Å². The molecule has 0 saturated carbocycles. The fourth-order valence-electron chi connectivity index (χ4n) is 2.05. The van der Waals surface area contributed by atoms with Crippen LogP contribution in [0.15, 0.2) is 42.5 Å². The molecule has 0 bridgehead atoms. The van der Waals surface area contributed by atoms with E-state index in [4.69, 9.17) is 26.8 Å². The zero-order valence-electron chi connectivity index (χ0n) is 14.1. The average Bonchev–Trinajstić information content (AvgIpc) is 2.55. The number of halogens is 2. The van der Waals surface area contributed by atoms with Crippen LogP contribution < -0.4 is 20.5 Å². The Morgan fingerprint density at radius 2 is 1.88 bits per heavy atom. The van der Waals surface area contributed by atoms with Crippen molar-refractivity contribution >= 4 is 35.6 Å². The molecule has 0 spiro atoms. The average molecular weight is 385 g/mol. The number of hydrogen-bond acceptors (Lipinski definition) is 4. The van der Waals surface area contributed by atoms with Crippen LogP contribution in [-0.2, 0) is 0 Å². The van der Waals surface area contributed by atoms with Crippen molar-refractivity contribution < 1.29 is 14.3 Å². The number of ether oxygens (including phenoxy) is 2. The Labute approximate surface area is 158 Å². The maximum Gasteiger partial charge on any atom is 0.259 e. The van der Waals surface area contributed by atoms with Crippen LogP contribution in [0, 0.1) is 0 Å². The zero-order chi connectivity index (χ0) is 17.5. The van der Waals surface area contributed by atoms with Gasteiger partial charge in [0.05, 0.1) is 11.7 Å². The minimum Gasteiger partial charge on any atom is -0.492 e. The molecule has 0 radical (unpaired) electrons. The van der Waals surface area contributed by atoms with E-state index < -0.39 is 0 Å². The predicted molar refractivity (Wildman–Crippen MR) is 103 cm³/mol. The first-order valence-electron chi connectivity index (χ1n) is 7.70. The van der Waals surface area contributed by atoms with Gasteiger partial charge in [0.2, 0.25) is 0 Å². The number of anilines is 1. The lowest BCUT2D eigenvalue weighted by atomic mass is 10.1. The lowest BCUT2D eigenvalue weighted by molar-refractivity contribution is 0.102. The Morgan fingerprint density at radius 3 is 2.48 bits per heavy atom. The van der Waals surface area contributed by atoms with Crippen molar-refractivity contribution in [1.82, 2.24) is 0 Å². The summed E-state index contributed by atoms with van der Waals surface area (Å²) in [7, 11) is 0. The van der Waals surface area contributed by atoms with Crippen molar-refractivity contribution in [2.75, 3.05) is 18.5 Å². The summed E-state index contributed by atoms with van der Waals surface area (Å²) >= 11 is 6.01. The molecule has 0 heterocycles. The van der Waals surface area contributed by atoms with Gasteiger partial charge in [-0.15, -0.1) is 12.4 Å². The Hall–Kier alpha value is -1.95. The van der Waals surface area contributed by atoms with Gasteiger partial charge in [-0.25, -0.2) is 0 Å². The molecule has 1 amide bonds. The number of nitrogens with one attached hydrogen (secondary N) is 1. The van der Waals surface area contributed by atoms with Crippen LogP contribution in [0.3, 0.4) is 0 Å². The SMILES string of the molecule is CC(C)Oc1ccc(Cl)cc1C(=O)Nc1ccc(OCCN)cc1.Cl. The summed E-state index contributed by atoms with van der Waals surface area (Å²) in [6.45, 7) is 4.70. The van der Waals surface area contributed by atoms with Crippen molar-refractivity contribution in [2.24, 2.45) is 5.73 Å². The van der Waals surface area contributed by atoms with Gasteiger partial charge >= 0.3 is 0 Å². The second kappa shape index (κ2) is 10.1. The van der Waals surface area contributed by atoms with Crippen LogP contribution >= 0.6 is 24.0 Å². The molecule has 25 heavy (non-hydrogen) atoms. The van der Waals surface area contributed by atoms with E-state index in [2.05, 4.69) is 5.32 Å². The highest BCUT2D eigenvalue weighted by Gasteiger charge is 2.15. The maximum atomic E-state index is 12.5. The van der Waals surface area contributed by atoms with Crippen molar-refractivity contribution in [1.29, 1.82) is 0 Å². The van der Waals surface area contributed by atoms with E-state index in [1.807, 2.05) is 13.8 Å². The molecule has 2 aromatic carbocycles.